The summed E-state index contributed by atoms with van der Waals surface area (Å²) in [5.74, 6) is 0.0699. The number of amides is 1. The molecule has 1 aromatic carbocycles. The van der Waals surface area contributed by atoms with Crippen LogP contribution in [0.2, 0.25) is 0 Å². The largest absolute Gasteiger partial charge is 0.340 e. The van der Waals surface area contributed by atoms with E-state index in [1.54, 1.807) is 4.52 Å². The number of piperidine rings is 1. The molecule has 0 spiro atoms. The molecule has 32 heavy (non-hydrogen) atoms. The van der Waals surface area contributed by atoms with E-state index in [0.717, 1.165) is 36.6 Å². The first kappa shape index (κ1) is 19.3. The summed E-state index contributed by atoms with van der Waals surface area (Å²) in [6, 6.07) is 11.4. The zero-order valence-corrected chi connectivity index (χ0v) is 17.5. The molecule has 5 heterocycles. The second-order valence-electron chi connectivity index (χ2n) is 8.72. The number of carbonyl (C=O) groups is 1. The van der Waals surface area contributed by atoms with Crippen molar-refractivity contribution in [3.8, 4) is 0 Å². The number of hydrogen-bond acceptors (Lipinski definition) is 4. The minimum absolute atomic E-state index is 0.00104. The Morgan fingerprint density at radius 1 is 1.12 bits per heavy atom. The quantitative estimate of drug-likeness (QED) is 0.485. The Hall–Kier alpha value is -3.36. The van der Waals surface area contributed by atoms with E-state index in [-0.39, 0.29) is 35.4 Å². The average molecular weight is 436 g/mol. The van der Waals surface area contributed by atoms with Crippen molar-refractivity contribution in [3.05, 3.63) is 59.8 Å². The van der Waals surface area contributed by atoms with Crippen molar-refractivity contribution in [1.82, 2.24) is 29.0 Å². The number of hydrogen-bond donors (Lipinski definition) is 0. The van der Waals surface area contributed by atoms with Gasteiger partial charge in [-0.25, -0.2) is 18.3 Å². The summed E-state index contributed by atoms with van der Waals surface area (Å²) >= 11 is 0. The summed E-state index contributed by atoms with van der Waals surface area (Å²) in [6.07, 6.45) is 2.05. The molecular weight excluding hydrogens is 414 g/mol. The lowest BCUT2D eigenvalue weighted by atomic mass is 9.86. The van der Waals surface area contributed by atoms with E-state index >= 15 is 0 Å². The molecule has 0 unspecified atom stereocenters. The van der Waals surface area contributed by atoms with Crippen LogP contribution in [0.4, 0.5) is 8.78 Å². The van der Waals surface area contributed by atoms with Crippen LogP contribution in [0.3, 0.4) is 0 Å². The number of aromatic nitrogens is 5. The van der Waals surface area contributed by atoms with Crippen molar-refractivity contribution in [2.45, 2.75) is 50.1 Å². The maximum atomic E-state index is 13.8. The molecule has 164 valence electrons. The van der Waals surface area contributed by atoms with Crippen LogP contribution in [0.25, 0.3) is 16.7 Å². The summed E-state index contributed by atoms with van der Waals surface area (Å²) in [7, 11) is 1.91. The van der Waals surface area contributed by atoms with Gasteiger partial charge in [-0.1, -0.05) is 18.2 Å². The van der Waals surface area contributed by atoms with Crippen LogP contribution < -0.4 is 0 Å². The zero-order valence-electron chi connectivity index (χ0n) is 17.5. The normalized spacial score (nSPS) is 23.0. The number of fused-ring (bicyclic) bond motifs is 4. The highest BCUT2D eigenvalue weighted by Crippen LogP contribution is 2.45. The number of alkyl halides is 2. The van der Waals surface area contributed by atoms with E-state index < -0.39 is 6.43 Å². The van der Waals surface area contributed by atoms with Crippen molar-refractivity contribution in [2.75, 3.05) is 0 Å². The van der Waals surface area contributed by atoms with E-state index in [9.17, 15) is 13.6 Å². The smallest absolute Gasteiger partial charge is 0.280 e. The Morgan fingerprint density at radius 3 is 2.75 bits per heavy atom. The van der Waals surface area contributed by atoms with Gasteiger partial charge in [0, 0.05) is 36.0 Å². The molecule has 0 aliphatic carbocycles. The van der Waals surface area contributed by atoms with E-state index in [4.69, 9.17) is 0 Å². The van der Waals surface area contributed by atoms with Crippen molar-refractivity contribution < 1.29 is 13.6 Å². The molecule has 0 N–H and O–H groups in total. The Balaban J connectivity index is 1.42. The molecule has 2 bridgehead atoms. The molecule has 3 aromatic heterocycles. The van der Waals surface area contributed by atoms with E-state index in [0.29, 0.717) is 11.4 Å². The van der Waals surface area contributed by atoms with Crippen LogP contribution in [0, 0.1) is 0 Å². The fourth-order valence-corrected chi connectivity index (χ4v) is 5.67. The first-order valence-electron chi connectivity index (χ1n) is 10.9. The van der Waals surface area contributed by atoms with Gasteiger partial charge in [-0.15, -0.1) is 0 Å². The SMILES string of the molecule is Cn1c(C(=O)N2[C@H]3CC[C@H](c4cc(C(F)F)nc5ncnn45)[C@@H]2CC3)cc2ccccc21. The van der Waals surface area contributed by atoms with Gasteiger partial charge in [0.05, 0.1) is 5.69 Å². The van der Waals surface area contributed by atoms with Gasteiger partial charge < -0.3 is 9.47 Å². The maximum absolute atomic E-state index is 13.8. The molecule has 6 rings (SSSR count). The second kappa shape index (κ2) is 7.08. The van der Waals surface area contributed by atoms with Gasteiger partial charge in [0.2, 0.25) is 0 Å². The summed E-state index contributed by atoms with van der Waals surface area (Å²) in [4.78, 5) is 23.7. The molecule has 2 saturated heterocycles. The van der Waals surface area contributed by atoms with Gasteiger partial charge in [0.1, 0.15) is 17.7 Å². The molecule has 3 atom stereocenters. The number of carbonyl (C=O) groups excluding carboxylic acids is 1. The summed E-state index contributed by atoms with van der Waals surface area (Å²) in [5, 5.41) is 5.27. The first-order valence-corrected chi connectivity index (χ1v) is 10.9. The number of para-hydroxylation sites is 1. The van der Waals surface area contributed by atoms with E-state index in [1.165, 1.54) is 12.4 Å². The van der Waals surface area contributed by atoms with Crippen molar-refractivity contribution in [1.29, 1.82) is 0 Å². The van der Waals surface area contributed by atoms with Crippen LogP contribution in [0.5, 0.6) is 0 Å². The van der Waals surface area contributed by atoms with Crippen LogP contribution in [0.15, 0.2) is 42.7 Å². The number of benzene rings is 1. The molecule has 2 aliphatic rings. The monoisotopic (exact) mass is 436 g/mol. The zero-order chi connectivity index (χ0) is 22.0. The van der Waals surface area contributed by atoms with Crippen molar-refractivity contribution in [2.24, 2.45) is 7.05 Å². The predicted molar refractivity (Wildman–Crippen MR) is 114 cm³/mol. The topological polar surface area (TPSA) is 68.3 Å². The van der Waals surface area contributed by atoms with Gasteiger partial charge in [0.25, 0.3) is 18.1 Å². The third kappa shape index (κ3) is 2.76. The van der Waals surface area contributed by atoms with Gasteiger partial charge in [-0.05, 0) is 43.9 Å². The molecule has 7 nitrogen and oxygen atoms in total. The number of halogens is 2. The Bertz CT molecular complexity index is 1350. The predicted octanol–water partition coefficient (Wildman–Crippen LogP) is 4.10. The Labute approximate surface area is 182 Å². The molecule has 4 aromatic rings. The Morgan fingerprint density at radius 2 is 1.94 bits per heavy atom. The Kier molecular flexibility index (Phi) is 4.28. The maximum Gasteiger partial charge on any atom is 0.280 e. The summed E-state index contributed by atoms with van der Waals surface area (Å²) in [5.41, 5.74) is 2.02. The standard InChI is InChI=1S/C23H22F2N6O/c1-29-17-5-3-2-4-13(17)10-20(29)22(32)30-14-6-8-15(18(30)9-7-14)19-11-16(21(24)25)28-23-26-12-27-31(19)23/h2-5,10-12,14-15,18,21H,6-9H2,1H3/t14-,15-,18-/m0/s1. The van der Waals surface area contributed by atoms with Crippen LogP contribution in [-0.4, -0.2) is 47.0 Å². The summed E-state index contributed by atoms with van der Waals surface area (Å²) < 4.78 is 30.5. The van der Waals surface area contributed by atoms with Crippen LogP contribution in [-0.2, 0) is 7.05 Å². The van der Waals surface area contributed by atoms with Crippen molar-refractivity contribution >= 4 is 22.6 Å². The highest BCUT2D eigenvalue weighted by atomic mass is 19.3. The lowest BCUT2D eigenvalue weighted by molar-refractivity contribution is 0.0544. The van der Waals surface area contributed by atoms with Crippen molar-refractivity contribution in [3.63, 3.8) is 0 Å². The molecular formula is C23H22F2N6O. The number of rotatable bonds is 3. The fraction of sp³-hybridized carbons (Fsp3) is 0.391. The molecule has 0 radical (unpaired) electrons. The molecule has 2 fully saturated rings. The minimum atomic E-state index is -2.69. The van der Waals surface area contributed by atoms with Gasteiger partial charge in [-0.3, -0.25) is 4.79 Å². The molecule has 9 heteroatoms. The molecule has 2 aliphatic heterocycles. The second-order valence-corrected chi connectivity index (χ2v) is 8.72. The highest BCUT2D eigenvalue weighted by molar-refractivity contribution is 5.99. The van der Waals surface area contributed by atoms with Crippen LogP contribution >= 0.6 is 0 Å². The average Bonchev–Trinajstić information content (AvgIpc) is 3.48. The summed E-state index contributed by atoms with van der Waals surface area (Å²) in [6.45, 7) is 0. The third-order valence-electron chi connectivity index (χ3n) is 7.13. The molecule has 1 amide bonds. The van der Waals surface area contributed by atoms with Gasteiger partial charge in [-0.2, -0.15) is 10.1 Å². The molecule has 0 saturated carbocycles. The minimum Gasteiger partial charge on any atom is -0.340 e. The van der Waals surface area contributed by atoms with Gasteiger partial charge in [0.15, 0.2) is 0 Å². The first-order chi connectivity index (χ1) is 15.5. The lowest BCUT2D eigenvalue weighted by Gasteiger charge is -2.40. The third-order valence-corrected chi connectivity index (χ3v) is 7.13. The van der Waals surface area contributed by atoms with E-state index in [1.807, 2.05) is 46.8 Å². The van der Waals surface area contributed by atoms with E-state index in [2.05, 4.69) is 15.1 Å². The van der Waals surface area contributed by atoms with Crippen LogP contribution in [0.1, 0.15) is 59.9 Å². The number of aryl methyl sites for hydroxylation is 1. The van der Waals surface area contributed by atoms with Gasteiger partial charge >= 0.3 is 0 Å². The number of nitrogens with zero attached hydrogens (tertiary/aromatic N) is 6. The fourth-order valence-electron chi connectivity index (χ4n) is 5.67. The lowest BCUT2D eigenvalue weighted by Crippen LogP contribution is -2.48. The highest BCUT2D eigenvalue weighted by Gasteiger charge is 2.47.